The number of nitrogens with zero attached hydrogens (tertiary/aromatic N) is 2. The molecule has 0 amide bonds. The number of aryl methyl sites for hydroxylation is 1. The van der Waals surface area contributed by atoms with Crippen LogP contribution in [0.4, 0.5) is 4.39 Å². The van der Waals surface area contributed by atoms with Crippen LogP contribution in [0.5, 0.6) is 0 Å². The molecule has 0 atom stereocenters. The maximum absolute atomic E-state index is 13.1. The third-order valence-electron chi connectivity index (χ3n) is 4.63. The molecule has 0 radical (unpaired) electrons. The van der Waals surface area contributed by atoms with Gasteiger partial charge in [-0.2, -0.15) is 5.26 Å². The minimum Gasteiger partial charge on any atom is -0.343 e. The van der Waals surface area contributed by atoms with E-state index in [2.05, 4.69) is 9.55 Å². The number of rotatable bonds is 3. The first-order valence-corrected chi connectivity index (χ1v) is 8.53. The van der Waals surface area contributed by atoms with Gasteiger partial charge in [0.1, 0.15) is 17.4 Å². The molecule has 0 spiro atoms. The molecule has 4 rings (SSSR count). The van der Waals surface area contributed by atoms with E-state index in [1.54, 1.807) is 19.1 Å². The van der Waals surface area contributed by atoms with Gasteiger partial charge in [-0.1, -0.05) is 18.2 Å². The number of pyridine rings is 1. The van der Waals surface area contributed by atoms with Gasteiger partial charge in [0.25, 0.3) is 5.56 Å². The molecule has 1 N–H and O–H groups in total. The van der Waals surface area contributed by atoms with E-state index in [0.29, 0.717) is 17.8 Å². The van der Waals surface area contributed by atoms with Crippen molar-refractivity contribution in [2.75, 3.05) is 0 Å². The van der Waals surface area contributed by atoms with E-state index in [-0.39, 0.29) is 16.9 Å². The first kappa shape index (κ1) is 16.8. The van der Waals surface area contributed by atoms with E-state index >= 15 is 0 Å². The lowest BCUT2D eigenvalue weighted by Gasteiger charge is -2.08. The smallest absolute Gasteiger partial charge is 0.266 e. The Labute approximate surface area is 155 Å². The predicted molar refractivity (Wildman–Crippen MR) is 103 cm³/mol. The Hall–Kier alpha value is -3.65. The number of aromatic amines is 1. The monoisotopic (exact) mass is 357 g/mol. The Morgan fingerprint density at radius 2 is 1.89 bits per heavy atom. The molecule has 2 heterocycles. The summed E-state index contributed by atoms with van der Waals surface area (Å²) in [5, 5.41) is 10.4. The number of fused-ring (bicyclic) bond motifs is 1. The number of nitriles is 1. The van der Waals surface area contributed by atoms with Crippen molar-refractivity contribution in [1.82, 2.24) is 9.55 Å². The summed E-state index contributed by atoms with van der Waals surface area (Å²) in [6, 6.07) is 18.1. The van der Waals surface area contributed by atoms with E-state index in [1.165, 1.54) is 12.1 Å². The van der Waals surface area contributed by atoms with Crippen LogP contribution < -0.4 is 5.56 Å². The zero-order valence-corrected chi connectivity index (χ0v) is 14.7. The Kier molecular flexibility index (Phi) is 4.09. The fourth-order valence-corrected chi connectivity index (χ4v) is 3.32. The van der Waals surface area contributed by atoms with Gasteiger partial charge >= 0.3 is 0 Å². The van der Waals surface area contributed by atoms with Gasteiger partial charge < -0.3 is 9.55 Å². The summed E-state index contributed by atoms with van der Waals surface area (Å²) in [7, 11) is 0. The standard InChI is InChI=1S/C22H16FN3O/c1-14-10-19(20(12-24)22(27)25-14)16-4-7-21-17(11-16)8-9-26(21)13-15-2-5-18(23)6-3-15/h2-11H,13H2,1H3,(H,25,27). The summed E-state index contributed by atoms with van der Waals surface area (Å²) in [6.45, 7) is 2.43. The van der Waals surface area contributed by atoms with Crippen LogP contribution in [-0.2, 0) is 6.54 Å². The normalized spacial score (nSPS) is 10.9. The van der Waals surface area contributed by atoms with E-state index < -0.39 is 0 Å². The van der Waals surface area contributed by atoms with Crippen LogP contribution in [0.25, 0.3) is 22.0 Å². The zero-order chi connectivity index (χ0) is 19.0. The molecule has 0 fully saturated rings. The Balaban J connectivity index is 1.76. The maximum Gasteiger partial charge on any atom is 0.266 e. The summed E-state index contributed by atoms with van der Waals surface area (Å²) >= 11 is 0. The highest BCUT2D eigenvalue weighted by Crippen LogP contribution is 2.27. The summed E-state index contributed by atoms with van der Waals surface area (Å²) in [5.41, 5.74) is 3.95. The highest BCUT2D eigenvalue weighted by molar-refractivity contribution is 5.86. The summed E-state index contributed by atoms with van der Waals surface area (Å²) in [4.78, 5) is 14.7. The average Bonchev–Trinajstić information content (AvgIpc) is 3.05. The van der Waals surface area contributed by atoms with Crippen LogP contribution in [0, 0.1) is 24.1 Å². The minimum atomic E-state index is -0.374. The van der Waals surface area contributed by atoms with Crippen molar-refractivity contribution >= 4 is 10.9 Å². The van der Waals surface area contributed by atoms with E-state index in [9.17, 15) is 14.4 Å². The van der Waals surface area contributed by atoms with Gasteiger partial charge in [0.05, 0.1) is 0 Å². The molecule has 0 unspecified atom stereocenters. The number of hydrogen-bond donors (Lipinski definition) is 1. The van der Waals surface area contributed by atoms with Gasteiger partial charge in [0.2, 0.25) is 0 Å². The van der Waals surface area contributed by atoms with Gasteiger partial charge in [-0.3, -0.25) is 4.79 Å². The fourth-order valence-electron chi connectivity index (χ4n) is 3.32. The quantitative estimate of drug-likeness (QED) is 0.592. The van der Waals surface area contributed by atoms with Crippen molar-refractivity contribution in [2.24, 2.45) is 0 Å². The molecular formula is C22H16FN3O. The largest absolute Gasteiger partial charge is 0.343 e. The Morgan fingerprint density at radius 1 is 1.11 bits per heavy atom. The van der Waals surface area contributed by atoms with Crippen molar-refractivity contribution in [1.29, 1.82) is 5.26 Å². The van der Waals surface area contributed by atoms with Crippen molar-refractivity contribution in [3.8, 4) is 17.2 Å². The maximum atomic E-state index is 13.1. The lowest BCUT2D eigenvalue weighted by Crippen LogP contribution is -2.12. The lowest BCUT2D eigenvalue weighted by molar-refractivity contribution is 0.626. The second-order valence-electron chi connectivity index (χ2n) is 6.53. The number of aromatic nitrogens is 2. The third-order valence-corrected chi connectivity index (χ3v) is 4.63. The number of nitrogens with one attached hydrogen (secondary N) is 1. The van der Waals surface area contributed by atoms with Crippen LogP contribution in [0.3, 0.4) is 0 Å². The zero-order valence-electron chi connectivity index (χ0n) is 14.7. The molecule has 0 saturated heterocycles. The summed E-state index contributed by atoms with van der Waals surface area (Å²) in [6.07, 6.45) is 1.98. The van der Waals surface area contributed by atoms with Gasteiger partial charge in [-0.25, -0.2) is 4.39 Å². The van der Waals surface area contributed by atoms with Gasteiger partial charge in [-0.15, -0.1) is 0 Å². The van der Waals surface area contributed by atoms with Crippen molar-refractivity contribution < 1.29 is 4.39 Å². The molecule has 4 nitrogen and oxygen atoms in total. The molecule has 0 aliphatic carbocycles. The Morgan fingerprint density at radius 3 is 2.63 bits per heavy atom. The molecule has 2 aromatic heterocycles. The van der Waals surface area contributed by atoms with Crippen molar-refractivity contribution in [3.63, 3.8) is 0 Å². The van der Waals surface area contributed by atoms with Gasteiger partial charge in [0.15, 0.2) is 0 Å². The summed E-state index contributed by atoms with van der Waals surface area (Å²) in [5.74, 6) is -0.248. The molecule has 0 bridgehead atoms. The minimum absolute atomic E-state index is 0.116. The van der Waals surface area contributed by atoms with Crippen LogP contribution in [0.2, 0.25) is 0 Å². The molecule has 4 aromatic rings. The second-order valence-corrected chi connectivity index (χ2v) is 6.53. The number of hydrogen-bond acceptors (Lipinski definition) is 2. The third kappa shape index (κ3) is 3.13. The molecule has 132 valence electrons. The molecular weight excluding hydrogens is 341 g/mol. The first-order valence-electron chi connectivity index (χ1n) is 8.53. The molecule has 0 saturated carbocycles. The van der Waals surface area contributed by atoms with Crippen LogP contribution in [0.1, 0.15) is 16.8 Å². The van der Waals surface area contributed by atoms with Crippen LogP contribution in [-0.4, -0.2) is 9.55 Å². The van der Waals surface area contributed by atoms with E-state index in [4.69, 9.17) is 0 Å². The van der Waals surface area contributed by atoms with Gasteiger partial charge in [-0.05, 0) is 54.4 Å². The van der Waals surface area contributed by atoms with Crippen LogP contribution >= 0.6 is 0 Å². The molecule has 27 heavy (non-hydrogen) atoms. The van der Waals surface area contributed by atoms with E-state index in [1.807, 2.05) is 42.6 Å². The second kappa shape index (κ2) is 6.58. The predicted octanol–water partition coefficient (Wildman–Crippen LogP) is 4.36. The number of halogens is 1. The van der Waals surface area contributed by atoms with Gasteiger partial charge in [0, 0.05) is 34.9 Å². The molecule has 0 aliphatic rings. The number of benzene rings is 2. The first-order chi connectivity index (χ1) is 13.0. The molecule has 0 aliphatic heterocycles. The number of H-pyrrole nitrogens is 1. The molecule has 5 heteroatoms. The molecule has 2 aromatic carbocycles. The average molecular weight is 357 g/mol. The summed E-state index contributed by atoms with van der Waals surface area (Å²) < 4.78 is 15.2. The lowest BCUT2D eigenvalue weighted by atomic mass is 10.00. The van der Waals surface area contributed by atoms with Crippen LogP contribution in [0.15, 0.2) is 65.6 Å². The highest BCUT2D eigenvalue weighted by Gasteiger charge is 2.12. The Bertz CT molecular complexity index is 1240. The van der Waals surface area contributed by atoms with Crippen molar-refractivity contribution in [3.05, 3.63) is 93.8 Å². The highest BCUT2D eigenvalue weighted by atomic mass is 19.1. The van der Waals surface area contributed by atoms with E-state index in [0.717, 1.165) is 22.0 Å². The fraction of sp³-hybridized carbons (Fsp3) is 0.0909. The topological polar surface area (TPSA) is 61.6 Å². The SMILES string of the molecule is Cc1cc(-c2ccc3c(ccn3Cc3ccc(F)cc3)c2)c(C#N)c(=O)[nH]1. The van der Waals surface area contributed by atoms with Crippen molar-refractivity contribution in [2.45, 2.75) is 13.5 Å².